The van der Waals surface area contributed by atoms with Crippen molar-refractivity contribution in [1.29, 1.82) is 0 Å². The van der Waals surface area contributed by atoms with Gasteiger partial charge in [-0.05, 0) is 31.0 Å². The van der Waals surface area contributed by atoms with Gasteiger partial charge in [-0.25, -0.2) is 8.42 Å². The highest BCUT2D eigenvalue weighted by Crippen LogP contribution is 2.14. The molecular formula is C13H19NO3S. The molecule has 100 valence electrons. The van der Waals surface area contributed by atoms with E-state index in [4.69, 9.17) is 4.74 Å². The van der Waals surface area contributed by atoms with Gasteiger partial charge in [0.2, 0.25) is 0 Å². The average molecular weight is 269 g/mol. The van der Waals surface area contributed by atoms with Crippen molar-refractivity contribution in [3.63, 3.8) is 0 Å². The highest BCUT2D eigenvalue weighted by atomic mass is 32.2. The average Bonchev–Trinajstić information content (AvgIpc) is 2.72. The molecule has 2 unspecified atom stereocenters. The fourth-order valence-corrected chi connectivity index (χ4v) is 2.73. The van der Waals surface area contributed by atoms with Gasteiger partial charge in [0, 0.05) is 25.4 Å². The van der Waals surface area contributed by atoms with E-state index in [-0.39, 0.29) is 6.10 Å². The first-order chi connectivity index (χ1) is 8.47. The van der Waals surface area contributed by atoms with E-state index < -0.39 is 9.84 Å². The summed E-state index contributed by atoms with van der Waals surface area (Å²) in [6.45, 7) is 3.62. The minimum Gasteiger partial charge on any atom is -0.377 e. The van der Waals surface area contributed by atoms with Crippen molar-refractivity contribution < 1.29 is 13.2 Å². The molecule has 1 saturated heterocycles. The molecule has 4 nitrogen and oxygen atoms in total. The van der Waals surface area contributed by atoms with Gasteiger partial charge in [-0.2, -0.15) is 0 Å². The third-order valence-electron chi connectivity index (χ3n) is 3.30. The van der Waals surface area contributed by atoms with Gasteiger partial charge in [0.25, 0.3) is 0 Å². The van der Waals surface area contributed by atoms with Crippen molar-refractivity contribution in [2.45, 2.75) is 36.9 Å². The predicted molar refractivity (Wildman–Crippen MR) is 70.2 cm³/mol. The van der Waals surface area contributed by atoms with E-state index in [0.717, 1.165) is 25.1 Å². The van der Waals surface area contributed by atoms with Crippen LogP contribution in [-0.4, -0.2) is 33.4 Å². The summed E-state index contributed by atoms with van der Waals surface area (Å²) in [5.74, 6) is 0. The van der Waals surface area contributed by atoms with Crippen LogP contribution in [0.25, 0.3) is 0 Å². The van der Waals surface area contributed by atoms with Gasteiger partial charge in [-0.15, -0.1) is 0 Å². The number of ether oxygens (including phenoxy) is 1. The molecular weight excluding hydrogens is 250 g/mol. The summed E-state index contributed by atoms with van der Waals surface area (Å²) < 4.78 is 28.1. The van der Waals surface area contributed by atoms with E-state index in [2.05, 4.69) is 12.2 Å². The Labute approximate surface area is 108 Å². The van der Waals surface area contributed by atoms with Gasteiger partial charge >= 0.3 is 0 Å². The standard InChI is InChI=1S/C13H19NO3S/c1-10-13(7-8-17-10)14-9-11-3-5-12(6-4-11)18(2,15)16/h3-6,10,13-14H,7-9H2,1-2H3. The fraction of sp³-hybridized carbons (Fsp3) is 0.538. The van der Waals surface area contributed by atoms with Crippen molar-refractivity contribution in [3.8, 4) is 0 Å². The van der Waals surface area contributed by atoms with Crippen molar-refractivity contribution in [2.75, 3.05) is 12.9 Å². The quantitative estimate of drug-likeness (QED) is 0.896. The highest BCUT2D eigenvalue weighted by molar-refractivity contribution is 7.90. The Bertz CT molecular complexity index is 495. The molecule has 1 aliphatic rings. The third kappa shape index (κ3) is 3.31. The second kappa shape index (κ2) is 5.38. The molecule has 1 aromatic rings. The van der Waals surface area contributed by atoms with Crippen LogP contribution in [0, 0.1) is 0 Å². The van der Waals surface area contributed by atoms with Crippen molar-refractivity contribution in [3.05, 3.63) is 29.8 Å². The van der Waals surface area contributed by atoms with Crippen LogP contribution < -0.4 is 5.32 Å². The minimum absolute atomic E-state index is 0.250. The Kier molecular flexibility index (Phi) is 4.04. The molecule has 2 rings (SSSR count). The molecule has 18 heavy (non-hydrogen) atoms. The zero-order valence-electron chi connectivity index (χ0n) is 10.7. The van der Waals surface area contributed by atoms with E-state index >= 15 is 0 Å². The monoisotopic (exact) mass is 269 g/mol. The van der Waals surface area contributed by atoms with E-state index in [0.29, 0.717) is 10.9 Å². The Hall–Kier alpha value is -0.910. The summed E-state index contributed by atoms with van der Waals surface area (Å²) in [6, 6.07) is 7.40. The number of hydrogen-bond donors (Lipinski definition) is 1. The molecule has 0 amide bonds. The van der Waals surface area contributed by atoms with E-state index in [1.807, 2.05) is 12.1 Å². The Morgan fingerprint density at radius 1 is 1.33 bits per heavy atom. The smallest absolute Gasteiger partial charge is 0.175 e. The highest BCUT2D eigenvalue weighted by Gasteiger charge is 2.23. The summed E-state index contributed by atoms with van der Waals surface area (Å²) in [6.07, 6.45) is 2.50. The van der Waals surface area contributed by atoms with Crippen molar-refractivity contribution >= 4 is 9.84 Å². The number of hydrogen-bond acceptors (Lipinski definition) is 4. The zero-order valence-corrected chi connectivity index (χ0v) is 11.5. The minimum atomic E-state index is -3.10. The van der Waals surface area contributed by atoms with Crippen LogP contribution in [0.3, 0.4) is 0 Å². The first-order valence-electron chi connectivity index (χ1n) is 6.11. The molecule has 1 heterocycles. The molecule has 0 saturated carbocycles. The number of benzene rings is 1. The molecule has 0 spiro atoms. The lowest BCUT2D eigenvalue weighted by Gasteiger charge is -2.16. The van der Waals surface area contributed by atoms with Crippen molar-refractivity contribution in [2.24, 2.45) is 0 Å². The maximum atomic E-state index is 11.3. The number of nitrogens with one attached hydrogen (secondary N) is 1. The molecule has 1 aromatic carbocycles. The second-order valence-corrected chi connectivity index (χ2v) is 6.78. The molecule has 1 fully saturated rings. The summed E-state index contributed by atoms with van der Waals surface area (Å²) in [5.41, 5.74) is 1.08. The Morgan fingerprint density at radius 2 is 2.00 bits per heavy atom. The lowest BCUT2D eigenvalue weighted by Crippen LogP contribution is -2.34. The largest absolute Gasteiger partial charge is 0.377 e. The van der Waals surface area contributed by atoms with Gasteiger partial charge in [-0.1, -0.05) is 12.1 Å². The first kappa shape index (κ1) is 13.5. The lowest BCUT2D eigenvalue weighted by molar-refractivity contribution is 0.113. The van der Waals surface area contributed by atoms with Crippen LogP contribution in [0.15, 0.2) is 29.2 Å². The maximum Gasteiger partial charge on any atom is 0.175 e. The van der Waals surface area contributed by atoms with Crippen LogP contribution in [0.2, 0.25) is 0 Å². The van der Waals surface area contributed by atoms with E-state index in [1.54, 1.807) is 12.1 Å². The SMILES string of the molecule is CC1OCCC1NCc1ccc(S(C)(=O)=O)cc1. The molecule has 5 heteroatoms. The van der Waals surface area contributed by atoms with Crippen LogP contribution in [0.5, 0.6) is 0 Å². The van der Waals surface area contributed by atoms with Crippen LogP contribution >= 0.6 is 0 Å². The summed E-state index contributed by atoms with van der Waals surface area (Å²) in [7, 11) is -3.10. The second-order valence-electron chi connectivity index (χ2n) is 4.77. The molecule has 0 radical (unpaired) electrons. The number of sulfone groups is 1. The summed E-state index contributed by atoms with van der Waals surface area (Å²) in [4.78, 5) is 0.365. The lowest BCUT2D eigenvalue weighted by atomic mass is 10.1. The van der Waals surface area contributed by atoms with Crippen LogP contribution in [0.1, 0.15) is 18.9 Å². The van der Waals surface area contributed by atoms with Gasteiger partial charge < -0.3 is 10.1 Å². The molecule has 1 N–H and O–H groups in total. The van der Waals surface area contributed by atoms with Gasteiger partial charge in [0.05, 0.1) is 11.0 Å². The van der Waals surface area contributed by atoms with E-state index in [1.165, 1.54) is 6.26 Å². The zero-order chi connectivity index (χ0) is 13.2. The van der Waals surface area contributed by atoms with Crippen molar-refractivity contribution in [1.82, 2.24) is 5.32 Å². The molecule has 2 atom stereocenters. The normalized spacial score (nSPS) is 24.3. The summed E-state index contributed by atoms with van der Waals surface area (Å²) >= 11 is 0. The van der Waals surface area contributed by atoms with Crippen LogP contribution in [0.4, 0.5) is 0 Å². The predicted octanol–water partition coefficient (Wildman–Crippen LogP) is 1.36. The van der Waals surface area contributed by atoms with E-state index in [9.17, 15) is 8.42 Å². The summed E-state index contributed by atoms with van der Waals surface area (Å²) in [5, 5.41) is 3.43. The topological polar surface area (TPSA) is 55.4 Å². The van der Waals surface area contributed by atoms with Gasteiger partial charge in [0.1, 0.15) is 0 Å². The number of rotatable bonds is 4. The molecule has 0 bridgehead atoms. The Morgan fingerprint density at radius 3 is 2.50 bits per heavy atom. The maximum absolute atomic E-state index is 11.3. The molecule has 0 aliphatic carbocycles. The van der Waals surface area contributed by atoms with Gasteiger partial charge in [-0.3, -0.25) is 0 Å². The van der Waals surface area contributed by atoms with Gasteiger partial charge in [0.15, 0.2) is 9.84 Å². The first-order valence-corrected chi connectivity index (χ1v) is 8.00. The molecule has 1 aliphatic heterocycles. The molecule has 0 aromatic heterocycles. The van der Waals surface area contributed by atoms with Crippen LogP contribution in [-0.2, 0) is 21.1 Å². The third-order valence-corrected chi connectivity index (χ3v) is 4.42. The Balaban J connectivity index is 1.94. The fourth-order valence-electron chi connectivity index (χ4n) is 2.10.